The Morgan fingerprint density at radius 2 is 1.58 bits per heavy atom. The molecule has 0 radical (unpaired) electrons. The monoisotopic (exact) mass is 287 g/mol. The van der Waals surface area contributed by atoms with Crippen LogP contribution in [0.4, 0.5) is 0 Å². The van der Waals surface area contributed by atoms with Crippen LogP contribution in [0.25, 0.3) is 0 Å². The number of hydrogen-bond acceptors (Lipinski definition) is 4. The van der Waals surface area contributed by atoms with Gasteiger partial charge in [-0.2, -0.15) is 5.26 Å². The van der Waals surface area contributed by atoms with Gasteiger partial charge in [0.2, 0.25) is 0 Å². The van der Waals surface area contributed by atoms with E-state index >= 15 is 0 Å². The summed E-state index contributed by atoms with van der Waals surface area (Å²) in [5.74, 6) is 0. The second-order valence-corrected chi connectivity index (χ2v) is 7.15. The van der Waals surface area contributed by atoms with Gasteiger partial charge in [0.1, 0.15) is 0 Å². The first kappa shape index (κ1) is 18.8. The van der Waals surface area contributed by atoms with Gasteiger partial charge in [0.25, 0.3) is 0 Å². The molecule has 0 aromatic rings. The van der Waals surface area contributed by atoms with Gasteiger partial charge in [-0.3, -0.25) is 0 Å². The standard InChI is InChI=1S/C14H30N3OP/c1-8-16(12(2)3)19(18-11-9-10-15)17(13(4)5)14(6)7/h12-14H,8-9,11H2,1-7H3. The number of nitrogens with zero attached hydrogens (tertiary/aromatic N) is 3. The zero-order chi connectivity index (χ0) is 15.0. The highest BCUT2D eigenvalue weighted by atomic mass is 31.2. The van der Waals surface area contributed by atoms with Gasteiger partial charge in [0, 0.05) is 24.7 Å². The van der Waals surface area contributed by atoms with E-state index in [1.54, 1.807) is 0 Å². The van der Waals surface area contributed by atoms with Crippen LogP contribution >= 0.6 is 8.45 Å². The largest absolute Gasteiger partial charge is 0.330 e. The van der Waals surface area contributed by atoms with Crippen LogP contribution in [0.1, 0.15) is 54.9 Å². The molecule has 0 aliphatic rings. The molecule has 0 fully saturated rings. The van der Waals surface area contributed by atoms with Crippen molar-refractivity contribution < 1.29 is 4.52 Å². The van der Waals surface area contributed by atoms with Crippen molar-refractivity contribution in [3.63, 3.8) is 0 Å². The fraction of sp³-hybridized carbons (Fsp3) is 0.929. The van der Waals surface area contributed by atoms with Crippen molar-refractivity contribution in [3.8, 4) is 6.07 Å². The maximum Gasteiger partial charge on any atom is 0.188 e. The minimum Gasteiger partial charge on any atom is -0.330 e. The lowest BCUT2D eigenvalue weighted by molar-refractivity contribution is 0.207. The summed E-state index contributed by atoms with van der Waals surface area (Å²) in [4.78, 5) is 0. The molecule has 0 rings (SSSR count). The maximum absolute atomic E-state index is 8.69. The van der Waals surface area contributed by atoms with Crippen molar-refractivity contribution >= 4 is 8.45 Å². The van der Waals surface area contributed by atoms with Crippen LogP contribution in [0.3, 0.4) is 0 Å². The molecule has 0 aliphatic heterocycles. The first-order valence-electron chi connectivity index (χ1n) is 7.21. The average Bonchev–Trinajstić information content (AvgIpc) is 2.28. The molecule has 0 aromatic carbocycles. The highest BCUT2D eigenvalue weighted by Crippen LogP contribution is 2.49. The summed E-state index contributed by atoms with van der Waals surface area (Å²) in [5.41, 5.74) is 0. The lowest BCUT2D eigenvalue weighted by atomic mass is 10.3. The van der Waals surface area contributed by atoms with Crippen molar-refractivity contribution in [3.05, 3.63) is 0 Å². The van der Waals surface area contributed by atoms with E-state index in [2.05, 4.69) is 63.9 Å². The van der Waals surface area contributed by atoms with Crippen molar-refractivity contribution in [1.29, 1.82) is 5.26 Å². The molecule has 0 amide bonds. The minimum atomic E-state index is -0.802. The van der Waals surface area contributed by atoms with Crippen molar-refractivity contribution in [1.82, 2.24) is 9.34 Å². The molecule has 0 spiro atoms. The van der Waals surface area contributed by atoms with E-state index in [4.69, 9.17) is 9.79 Å². The van der Waals surface area contributed by atoms with Crippen LogP contribution < -0.4 is 0 Å². The Balaban J connectivity index is 5.05. The zero-order valence-electron chi connectivity index (χ0n) is 13.6. The predicted molar refractivity (Wildman–Crippen MR) is 82.7 cm³/mol. The molecule has 19 heavy (non-hydrogen) atoms. The Morgan fingerprint density at radius 3 is 1.89 bits per heavy atom. The van der Waals surface area contributed by atoms with Crippen LogP contribution in [0.5, 0.6) is 0 Å². The summed E-state index contributed by atoms with van der Waals surface area (Å²) < 4.78 is 10.9. The third-order valence-electron chi connectivity index (χ3n) is 2.82. The Hall–Kier alpha value is -0.200. The smallest absolute Gasteiger partial charge is 0.188 e. The summed E-state index contributed by atoms with van der Waals surface area (Å²) in [5, 5.41) is 8.69. The highest BCUT2D eigenvalue weighted by molar-refractivity contribution is 7.47. The van der Waals surface area contributed by atoms with Crippen LogP contribution in [-0.4, -0.2) is 40.6 Å². The van der Waals surface area contributed by atoms with Crippen molar-refractivity contribution in [2.24, 2.45) is 0 Å². The van der Waals surface area contributed by atoms with E-state index in [1.807, 2.05) is 0 Å². The third-order valence-corrected chi connectivity index (χ3v) is 5.73. The molecule has 0 aromatic heterocycles. The molecule has 0 aliphatic carbocycles. The zero-order valence-corrected chi connectivity index (χ0v) is 14.4. The van der Waals surface area contributed by atoms with Gasteiger partial charge < -0.3 is 4.52 Å². The molecule has 1 unspecified atom stereocenters. The van der Waals surface area contributed by atoms with Gasteiger partial charge >= 0.3 is 0 Å². The molecule has 0 heterocycles. The van der Waals surface area contributed by atoms with E-state index in [0.717, 1.165) is 6.54 Å². The molecule has 0 saturated heterocycles. The SMILES string of the molecule is CCN(C(C)C)P(OCCC#N)N(C(C)C)C(C)C. The molecule has 5 heteroatoms. The predicted octanol–water partition coefficient (Wildman–Crippen LogP) is 3.99. The van der Waals surface area contributed by atoms with E-state index in [0.29, 0.717) is 31.2 Å². The number of rotatable bonds is 9. The molecule has 0 saturated carbocycles. The number of hydrogen-bond donors (Lipinski definition) is 0. The van der Waals surface area contributed by atoms with Gasteiger partial charge in [-0.1, -0.05) is 6.92 Å². The topological polar surface area (TPSA) is 39.5 Å². The lowest BCUT2D eigenvalue weighted by Crippen LogP contribution is -2.40. The van der Waals surface area contributed by atoms with Crippen LogP contribution in [0, 0.1) is 11.3 Å². The molecule has 112 valence electrons. The van der Waals surface area contributed by atoms with Gasteiger partial charge in [-0.25, -0.2) is 9.34 Å². The quantitative estimate of drug-likeness (QED) is 0.475. The average molecular weight is 287 g/mol. The van der Waals surface area contributed by atoms with Crippen molar-refractivity contribution in [2.75, 3.05) is 13.2 Å². The Bertz CT molecular complexity index is 268. The molecular weight excluding hydrogens is 257 g/mol. The minimum absolute atomic E-state index is 0.431. The van der Waals surface area contributed by atoms with E-state index in [-0.39, 0.29) is 0 Å². The second kappa shape index (κ2) is 9.66. The highest BCUT2D eigenvalue weighted by Gasteiger charge is 2.31. The maximum atomic E-state index is 8.69. The summed E-state index contributed by atoms with van der Waals surface area (Å²) in [6, 6.07) is 3.46. The van der Waals surface area contributed by atoms with Gasteiger partial charge in [0.15, 0.2) is 8.45 Å². The van der Waals surface area contributed by atoms with Gasteiger partial charge in [-0.05, 0) is 41.5 Å². The number of nitriles is 1. The van der Waals surface area contributed by atoms with Crippen molar-refractivity contribution in [2.45, 2.75) is 73.0 Å². The van der Waals surface area contributed by atoms with E-state index in [9.17, 15) is 0 Å². The van der Waals surface area contributed by atoms with Crippen LogP contribution in [0.15, 0.2) is 0 Å². The van der Waals surface area contributed by atoms with Gasteiger partial charge in [-0.15, -0.1) is 0 Å². The molecule has 4 nitrogen and oxygen atoms in total. The summed E-state index contributed by atoms with van der Waals surface area (Å²) in [7, 11) is -0.802. The summed E-state index contributed by atoms with van der Waals surface area (Å²) in [6.07, 6.45) is 0.457. The fourth-order valence-corrected chi connectivity index (χ4v) is 4.35. The first-order chi connectivity index (χ1) is 8.86. The van der Waals surface area contributed by atoms with E-state index < -0.39 is 8.45 Å². The molecular formula is C14H30N3OP. The molecule has 0 bridgehead atoms. The molecule has 0 N–H and O–H groups in total. The third kappa shape index (κ3) is 6.19. The normalized spacial score (nSPS) is 13.8. The second-order valence-electron chi connectivity index (χ2n) is 5.41. The first-order valence-corrected chi connectivity index (χ1v) is 8.38. The van der Waals surface area contributed by atoms with E-state index in [1.165, 1.54) is 0 Å². The Morgan fingerprint density at radius 1 is 1.05 bits per heavy atom. The summed E-state index contributed by atoms with van der Waals surface area (Å²) >= 11 is 0. The van der Waals surface area contributed by atoms with Gasteiger partial charge in [0.05, 0.1) is 19.1 Å². The summed E-state index contributed by atoms with van der Waals surface area (Å²) in [6.45, 7) is 16.9. The molecule has 1 atom stereocenters. The Labute approximate surface area is 120 Å². The van der Waals surface area contributed by atoms with Crippen LogP contribution in [0.2, 0.25) is 0 Å². The van der Waals surface area contributed by atoms with Crippen LogP contribution in [-0.2, 0) is 4.52 Å². The fourth-order valence-electron chi connectivity index (χ4n) is 2.12. The lowest BCUT2D eigenvalue weighted by Gasteiger charge is -2.43. The Kier molecular flexibility index (Phi) is 9.56.